The lowest BCUT2D eigenvalue weighted by molar-refractivity contribution is 0.0730. The van der Waals surface area contributed by atoms with Gasteiger partial charge in [0.25, 0.3) is 0 Å². The van der Waals surface area contributed by atoms with Gasteiger partial charge in [0.05, 0.1) is 29.5 Å². The highest BCUT2D eigenvalue weighted by atomic mass is 32.2. The largest absolute Gasteiger partial charge is 0.379 e. The number of morpholine rings is 1. The fourth-order valence-corrected chi connectivity index (χ4v) is 5.25. The fraction of sp³-hybridized carbons (Fsp3) is 0.190. The lowest BCUT2D eigenvalue weighted by Crippen LogP contribution is -2.40. The Kier molecular flexibility index (Phi) is 6.39. The van der Waals surface area contributed by atoms with E-state index in [4.69, 9.17) is 4.74 Å². The van der Waals surface area contributed by atoms with Crippen molar-refractivity contribution >= 4 is 32.8 Å². The second kappa shape index (κ2) is 9.36. The molecule has 1 aromatic heterocycles. The Morgan fingerprint density at radius 2 is 1.94 bits per heavy atom. The third kappa shape index (κ3) is 4.81. The summed E-state index contributed by atoms with van der Waals surface area (Å²) in [4.78, 5) is 4.65. The van der Waals surface area contributed by atoms with E-state index in [-0.39, 0.29) is 10.6 Å². The van der Waals surface area contributed by atoms with Crippen LogP contribution < -0.4 is 5.43 Å². The number of benzene rings is 2. The van der Waals surface area contributed by atoms with E-state index in [9.17, 15) is 13.7 Å². The summed E-state index contributed by atoms with van der Waals surface area (Å²) in [5, 5.41) is 16.0. The molecule has 4 rings (SSSR count). The molecule has 10 heteroatoms. The molecule has 0 saturated carbocycles. The summed E-state index contributed by atoms with van der Waals surface area (Å²) in [6.45, 7) is 1.41. The molecule has 0 radical (unpaired) electrons. The summed E-state index contributed by atoms with van der Waals surface area (Å²) in [6.07, 6.45) is 0. The van der Waals surface area contributed by atoms with E-state index in [2.05, 4.69) is 15.5 Å². The first-order valence-electron chi connectivity index (χ1n) is 9.51. The average Bonchev–Trinajstić information content (AvgIpc) is 3.31. The highest BCUT2D eigenvalue weighted by Crippen LogP contribution is 2.23. The summed E-state index contributed by atoms with van der Waals surface area (Å²) in [7, 11) is -3.62. The smallest absolute Gasteiger partial charge is 0.243 e. The number of hydrazone groups is 1. The number of thiazole rings is 1. The minimum atomic E-state index is -3.62. The standard InChI is InChI=1S/C21H19N5O3S2/c22-14-19(21-23-20(15-30-21)16-5-2-1-3-6-16)25-24-17-7-4-8-18(13-17)31(27,28)26-9-11-29-12-10-26/h1-8,13,15,24H,9-12H2. The van der Waals surface area contributed by atoms with Gasteiger partial charge in [0, 0.05) is 24.0 Å². The molecule has 0 amide bonds. The number of hydrogen-bond donors (Lipinski definition) is 1. The number of ether oxygens (including phenoxy) is 1. The fourth-order valence-electron chi connectivity index (χ4n) is 3.03. The van der Waals surface area contributed by atoms with Crippen molar-refractivity contribution in [2.45, 2.75) is 4.90 Å². The van der Waals surface area contributed by atoms with Gasteiger partial charge in [0.2, 0.25) is 10.0 Å². The molecule has 2 heterocycles. The normalized spacial score (nSPS) is 15.4. The molecule has 1 N–H and O–H groups in total. The van der Waals surface area contributed by atoms with Gasteiger partial charge in [-0.05, 0) is 18.2 Å². The zero-order valence-electron chi connectivity index (χ0n) is 16.4. The van der Waals surface area contributed by atoms with Crippen molar-refractivity contribution in [2.75, 3.05) is 31.7 Å². The Hall–Kier alpha value is -3.10. The molecule has 1 aliphatic rings. The predicted molar refractivity (Wildman–Crippen MR) is 119 cm³/mol. The molecule has 0 aliphatic carbocycles. The van der Waals surface area contributed by atoms with Crippen LogP contribution in [0.25, 0.3) is 11.3 Å². The summed E-state index contributed by atoms with van der Waals surface area (Å²) in [5.74, 6) is 0. The van der Waals surface area contributed by atoms with Gasteiger partial charge < -0.3 is 4.74 Å². The first-order valence-corrected chi connectivity index (χ1v) is 11.8. The van der Waals surface area contributed by atoms with E-state index in [0.717, 1.165) is 11.3 Å². The van der Waals surface area contributed by atoms with E-state index in [1.54, 1.807) is 12.1 Å². The minimum absolute atomic E-state index is 0.119. The lowest BCUT2D eigenvalue weighted by Gasteiger charge is -2.26. The summed E-state index contributed by atoms with van der Waals surface area (Å²) >= 11 is 1.32. The maximum absolute atomic E-state index is 12.8. The van der Waals surface area contributed by atoms with E-state index in [0.29, 0.717) is 37.0 Å². The van der Waals surface area contributed by atoms with Gasteiger partial charge in [-0.25, -0.2) is 13.4 Å². The molecule has 0 bridgehead atoms. The number of aromatic nitrogens is 1. The molecule has 0 unspecified atom stereocenters. The van der Waals surface area contributed by atoms with E-state index in [1.165, 1.54) is 27.8 Å². The van der Waals surface area contributed by atoms with Crippen LogP contribution in [0.15, 0.2) is 70.0 Å². The maximum Gasteiger partial charge on any atom is 0.243 e. The maximum atomic E-state index is 12.8. The quantitative estimate of drug-likeness (QED) is 0.454. The molecule has 2 aromatic carbocycles. The number of sulfonamides is 1. The van der Waals surface area contributed by atoms with Gasteiger partial charge in [0.1, 0.15) is 6.07 Å². The van der Waals surface area contributed by atoms with Crippen molar-refractivity contribution in [3.05, 3.63) is 65.0 Å². The van der Waals surface area contributed by atoms with Crippen LogP contribution >= 0.6 is 11.3 Å². The van der Waals surface area contributed by atoms with Gasteiger partial charge in [-0.3, -0.25) is 5.43 Å². The minimum Gasteiger partial charge on any atom is -0.379 e. The number of rotatable bonds is 6. The SMILES string of the molecule is N#CC(=NNc1cccc(S(=O)(=O)N2CCOCC2)c1)c1nc(-c2ccccc2)cs1. The Morgan fingerprint density at radius 1 is 1.16 bits per heavy atom. The van der Waals surface area contributed by atoms with E-state index in [1.807, 2.05) is 41.8 Å². The second-order valence-electron chi connectivity index (χ2n) is 6.63. The number of hydrogen-bond acceptors (Lipinski definition) is 8. The van der Waals surface area contributed by atoms with Crippen molar-refractivity contribution in [3.8, 4) is 17.3 Å². The zero-order valence-corrected chi connectivity index (χ0v) is 18.1. The van der Waals surface area contributed by atoms with Crippen LogP contribution in [-0.4, -0.2) is 49.7 Å². The molecule has 3 aromatic rings. The molecular formula is C21H19N5O3S2. The van der Waals surface area contributed by atoms with Crippen molar-refractivity contribution in [2.24, 2.45) is 5.10 Å². The van der Waals surface area contributed by atoms with Gasteiger partial charge in [-0.15, -0.1) is 11.3 Å². The van der Waals surface area contributed by atoms with Crippen LogP contribution in [0.1, 0.15) is 5.01 Å². The highest BCUT2D eigenvalue weighted by Gasteiger charge is 2.26. The zero-order chi connectivity index (χ0) is 21.7. The lowest BCUT2D eigenvalue weighted by atomic mass is 10.2. The molecule has 31 heavy (non-hydrogen) atoms. The Bertz CT molecular complexity index is 1230. The van der Waals surface area contributed by atoms with Gasteiger partial charge in [-0.2, -0.15) is 14.7 Å². The van der Waals surface area contributed by atoms with Crippen LogP contribution in [0.5, 0.6) is 0 Å². The van der Waals surface area contributed by atoms with Gasteiger partial charge in [-0.1, -0.05) is 36.4 Å². The predicted octanol–water partition coefficient (Wildman–Crippen LogP) is 3.17. The molecule has 0 atom stereocenters. The number of nitrogens with one attached hydrogen (secondary N) is 1. The van der Waals surface area contributed by atoms with Crippen LogP contribution in [0.3, 0.4) is 0 Å². The molecule has 1 fully saturated rings. The van der Waals surface area contributed by atoms with Crippen molar-refractivity contribution in [1.82, 2.24) is 9.29 Å². The first kappa shape index (κ1) is 21.1. The number of anilines is 1. The van der Waals surface area contributed by atoms with Crippen LogP contribution in [0, 0.1) is 11.3 Å². The van der Waals surface area contributed by atoms with Crippen molar-refractivity contribution in [1.29, 1.82) is 5.26 Å². The summed E-state index contributed by atoms with van der Waals surface area (Å²) in [5.41, 5.74) is 5.08. The third-order valence-corrected chi connectivity index (χ3v) is 7.36. The highest BCUT2D eigenvalue weighted by molar-refractivity contribution is 7.89. The molecule has 1 saturated heterocycles. The van der Waals surface area contributed by atoms with Crippen molar-refractivity contribution < 1.29 is 13.2 Å². The molecule has 158 valence electrons. The Balaban J connectivity index is 1.53. The molecule has 0 spiro atoms. The molecule has 1 aliphatic heterocycles. The number of nitriles is 1. The monoisotopic (exact) mass is 453 g/mol. The van der Waals surface area contributed by atoms with Gasteiger partial charge >= 0.3 is 0 Å². The first-order chi connectivity index (χ1) is 15.1. The van der Waals surface area contributed by atoms with Crippen LogP contribution in [0.4, 0.5) is 5.69 Å². The third-order valence-electron chi connectivity index (χ3n) is 4.62. The Labute approximate surface area is 184 Å². The van der Waals surface area contributed by atoms with E-state index < -0.39 is 10.0 Å². The number of nitrogens with zero attached hydrogens (tertiary/aromatic N) is 4. The topological polar surface area (TPSA) is 108 Å². The average molecular weight is 454 g/mol. The Morgan fingerprint density at radius 3 is 2.68 bits per heavy atom. The van der Waals surface area contributed by atoms with Gasteiger partial charge in [0.15, 0.2) is 10.7 Å². The van der Waals surface area contributed by atoms with Crippen LogP contribution in [0.2, 0.25) is 0 Å². The summed E-state index contributed by atoms with van der Waals surface area (Å²) in [6, 6.07) is 18.1. The van der Waals surface area contributed by atoms with E-state index >= 15 is 0 Å². The molecule has 8 nitrogen and oxygen atoms in total. The second-order valence-corrected chi connectivity index (χ2v) is 9.43. The van der Waals surface area contributed by atoms with Crippen LogP contribution in [-0.2, 0) is 14.8 Å². The molecular weight excluding hydrogens is 434 g/mol. The van der Waals surface area contributed by atoms with Crippen molar-refractivity contribution in [3.63, 3.8) is 0 Å². The summed E-state index contributed by atoms with van der Waals surface area (Å²) < 4.78 is 32.3.